The summed E-state index contributed by atoms with van der Waals surface area (Å²) in [5, 5.41) is 0. The highest BCUT2D eigenvalue weighted by Crippen LogP contribution is 2.43. The van der Waals surface area contributed by atoms with Crippen molar-refractivity contribution in [2.24, 2.45) is 0 Å². The Morgan fingerprint density at radius 1 is 0.690 bits per heavy atom. The van der Waals surface area contributed by atoms with Crippen molar-refractivity contribution in [2.75, 3.05) is 54.1 Å². The summed E-state index contributed by atoms with van der Waals surface area (Å²) in [6, 6.07) is 9.86. The SMILES string of the molecule is CCCCCCCCCCCCCCCCCCOCC(COP(=O)(O)OCCC[N+](C)(C)C)OCc1ccccc1. The minimum Gasteiger partial charge on any atom is -0.379 e. The van der Waals surface area contributed by atoms with E-state index in [0.29, 0.717) is 26.2 Å². The Balaban J connectivity index is 2.14. The van der Waals surface area contributed by atoms with Crippen LogP contribution in [0.2, 0.25) is 0 Å². The van der Waals surface area contributed by atoms with Crippen LogP contribution in [0.4, 0.5) is 0 Å². The summed E-state index contributed by atoms with van der Waals surface area (Å²) in [6.07, 6.45) is 21.7. The van der Waals surface area contributed by atoms with Crippen LogP contribution in [0.1, 0.15) is 122 Å². The molecule has 0 aliphatic carbocycles. The van der Waals surface area contributed by atoms with Gasteiger partial charge >= 0.3 is 7.82 Å². The van der Waals surface area contributed by atoms with Crippen molar-refractivity contribution < 1.29 is 32.5 Å². The van der Waals surface area contributed by atoms with Gasteiger partial charge in [0.2, 0.25) is 0 Å². The molecule has 0 saturated heterocycles. The zero-order valence-corrected chi connectivity index (χ0v) is 28.5. The maximum atomic E-state index is 12.4. The monoisotopic (exact) mass is 614 g/mol. The fraction of sp³-hybridized carbons (Fsp3) is 0.824. The first-order valence-electron chi connectivity index (χ1n) is 16.9. The number of rotatable bonds is 30. The van der Waals surface area contributed by atoms with Gasteiger partial charge < -0.3 is 18.9 Å². The molecule has 0 heterocycles. The first-order chi connectivity index (χ1) is 20.2. The highest BCUT2D eigenvalue weighted by Gasteiger charge is 2.24. The molecule has 0 aromatic heterocycles. The van der Waals surface area contributed by atoms with Gasteiger partial charge in [0, 0.05) is 13.0 Å². The van der Waals surface area contributed by atoms with Crippen LogP contribution in [-0.2, 0) is 29.7 Å². The number of nitrogens with zero attached hydrogens (tertiary/aromatic N) is 1. The fourth-order valence-electron chi connectivity index (χ4n) is 4.83. The van der Waals surface area contributed by atoms with Gasteiger partial charge in [-0.1, -0.05) is 134 Å². The van der Waals surface area contributed by atoms with E-state index in [4.69, 9.17) is 18.5 Å². The number of hydrogen-bond donors (Lipinski definition) is 1. The quantitative estimate of drug-likeness (QED) is 0.0529. The molecule has 42 heavy (non-hydrogen) atoms. The van der Waals surface area contributed by atoms with Crippen molar-refractivity contribution in [3.05, 3.63) is 35.9 Å². The molecule has 7 nitrogen and oxygen atoms in total. The number of benzene rings is 1. The van der Waals surface area contributed by atoms with Crippen molar-refractivity contribution in [1.29, 1.82) is 0 Å². The third kappa shape index (κ3) is 25.7. The van der Waals surface area contributed by atoms with Gasteiger partial charge in [0.25, 0.3) is 0 Å². The molecular formula is C34H65NO6P+. The Hall–Kier alpha value is -0.790. The van der Waals surface area contributed by atoms with Crippen molar-refractivity contribution in [2.45, 2.75) is 129 Å². The molecule has 0 saturated carbocycles. The second kappa shape index (κ2) is 25.5. The molecule has 1 N–H and O–H groups in total. The molecule has 0 amide bonds. The molecule has 0 bridgehead atoms. The number of phosphoric acid groups is 1. The van der Waals surface area contributed by atoms with E-state index < -0.39 is 13.9 Å². The van der Waals surface area contributed by atoms with Gasteiger partial charge in [0.15, 0.2) is 0 Å². The molecule has 2 unspecified atom stereocenters. The van der Waals surface area contributed by atoms with Crippen LogP contribution in [0.3, 0.4) is 0 Å². The standard InChI is InChI=1S/C34H64NO6P/c1-5-6-7-8-9-10-11-12-13-14-15-16-17-18-19-23-28-38-31-34(39-30-33-25-21-20-22-26-33)32-41-42(36,37)40-29-24-27-35(2,3)4/h20-22,25-26,34H,5-19,23-24,27-32H2,1-4H3/p+1. The average molecular weight is 615 g/mol. The van der Waals surface area contributed by atoms with Gasteiger partial charge in [-0.05, 0) is 12.0 Å². The van der Waals surface area contributed by atoms with Crippen LogP contribution < -0.4 is 0 Å². The van der Waals surface area contributed by atoms with Crippen LogP contribution in [0.25, 0.3) is 0 Å². The van der Waals surface area contributed by atoms with E-state index in [-0.39, 0.29) is 13.2 Å². The first kappa shape index (κ1) is 39.2. The summed E-state index contributed by atoms with van der Waals surface area (Å²) in [5.41, 5.74) is 1.03. The van der Waals surface area contributed by atoms with Crippen molar-refractivity contribution in [3.63, 3.8) is 0 Å². The summed E-state index contributed by atoms with van der Waals surface area (Å²) in [7, 11) is 2.07. The normalized spacial score (nSPS) is 14.2. The van der Waals surface area contributed by atoms with E-state index in [2.05, 4.69) is 28.1 Å². The number of hydrogen-bond acceptors (Lipinski definition) is 5. The molecule has 2 atom stereocenters. The predicted octanol–water partition coefficient (Wildman–Crippen LogP) is 9.08. The Bertz CT molecular complexity index is 773. The molecule has 1 aromatic carbocycles. The summed E-state index contributed by atoms with van der Waals surface area (Å²) in [4.78, 5) is 10.1. The van der Waals surface area contributed by atoms with E-state index in [0.717, 1.165) is 29.4 Å². The van der Waals surface area contributed by atoms with Crippen molar-refractivity contribution in [3.8, 4) is 0 Å². The fourth-order valence-corrected chi connectivity index (χ4v) is 5.62. The van der Waals surface area contributed by atoms with E-state index >= 15 is 0 Å². The van der Waals surface area contributed by atoms with Gasteiger partial charge in [-0.2, -0.15) is 0 Å². The van der Waals surface area contributed by atoms with Gasteiger partial charge in [0.05, 0.1) is 54.1 Å². The highest BCUT2D eigenvalue weighted by atomic mass is 31.2. The minimum atomic E-state index is -4.14. The molecule has 0 fully saturated rings. The third-order valence-corrected chi connectivity index (χ3v) is 8.41. The smallest absolute Gasteiger partial charge is 0.379 e. The van der Waals surface area contributed by atoms with Gasteiger partial charge in [0.1, 0.15) is 6.10 Å². The molecule has 8 heteroatoms. The van der Waals surface area contributed by atoms with Crippen LogP contribution >= 0.6 is 7.82 Å². The maximum absolute atomic E-state index is 12.4. The van der Waals surface area contributed by atoms with Gasteiger partial charge in [-0.15, -0.1) is 0 Å². The van der Waals surface area contributed by atoms with Crippen molar-refractivity contribution >= 4 is 7.82 Å². The minimum absolute atomic E-state index is 0.0606. The molecule has 0 aliphatic rings. The molecule has 0 aliphatic heterocycles. The van der Waals surface area contributed by atoms with Crippen LogP contribution in [0, 0.1) is 0 Å². The molecule has 1 aromatic rings. The Morgan fingerprint density at radius 2 is 1.21 bits per heavy atom. The lowest BCUT2D eigenvalue weighted by atomic mass is 10.0. The van der Waals surface area contributed by atoms with Crippen LogP contribution in [0.5, 0.6) is 0 Å². The first-order valence-corrected chi connectivity index (χ1v) is 18.4. The van der Waals surface area contributed by atoms with E-state index in [9.17, 15) is 9.46 Å². The second-order valence-electron chi connectivity index (χ2n) is 12.8. The lowest BCUT2D eigenvalue weighted by Crippen LogP contribution is -2.35. The Kier molecular flexibility index (Phi) is 23.8. The number of ether oxygens (including phenoxy) is 2. The van der Waals surface area contributed by atoms with Crippen LogP contribution in [-0.4, -0.2) is 69.6 Å². The Labute approximate surface area is 258 Å². The summed E-state index contributed by atoms with van der Waals surface area (Å²) in [5.74, 6) is 0. The number of unbranched alkanes of at least 4 members (excludes halogenated alkanes) is 15. The third-order valence-electron chi connectivity index (χ3n) is 7.43. The van der Waals surface area contributed by atoms with Gasteiger partial charge in [-0.3, -0.25) is 9.05 Å². The Morgan fingerprint density at radius 3 is 1.74 bits per heavy atom. The van der Waals surface area contributed by atoms with Crippen molar-refractivity contribution in [1.82, 2.24) is 0 Å². The highest BCUT2D eigenvalue weighted by molar-refractivity contribution is 7.47. The maximum Gasteiger partial charge on any atom is 0.472 e. The topological polar surface area (TPSA) is 74.2 Å². The number of quaternary nitrogens is 1. The molecule has 246 valence electrons. The molecule has 0 radical (unpaired) electrons. The summed E-state index contributed by atoms with van der Waals surface area (Å²) < 4.78 is 35.5. The average Bonchev–Trinajstić information content (AvgIpc) is 2.96. The van der Waals surface area contributed by atoms with Crippen LogP contribution in [0.15, 0.2) is 30.3 Å². The van der Waals surface area contributed by atoms with E-state index in [1.807, 2.05) is 30.3 Å². The van der Waals surface area contributed by atoms with E-state index in [1.165, 1.54) is 89.9 Å². The zero-order chi connectivity index (χ0) is 30.8. The van der Waals surface area contributed by atoms with Gasteiger partial charge in [-0.25, -0.2) is 4.57 Å². The lowest BCUT2D eigenvalue weighted by molar-refractivity contribution is -0.870. The summed E-state index contributed by atoms with van der Waals surface area (Å²) >= 11 is 0. The molecular weight excluding hydrogens is 549 g/mol. The van der Waals surface area contributed by atoms with E-state index in [1.54, 1.807) is 0 Å². The zero-order valence-electron chi connectivity index (χ0n) is 27.6. The second-order valence-corrected chi connectivity index (χ2v) is 14.2. The summed E-state index contributed by atoms with van der Waals surface area (Å²) in [6.45, 7) is 4.59. The molecule has 1 rings (SSSR count). The molecule has 0 spiro atoms. The number of phosphoric ester groups is 1. The predicted molar refractivity (Wildman–Crippen MR) is 175 cm³/mol. The largest absolute Gasteiger partial charge is 0.472 e. The lowest BCUT2D eigenvalue weighted by Gasteiger charge is -2.24.